The number of urea groups is 1. The Kier molecular flexibility index (Phi) is 7.60. The fraction of sp³-hybridized carbons (Fsp3) is 0.250. The molecule has 0 aliphatic carbocycles. The van der Waals surface area contributed by atoms with Gasteiger partial charge in [0.25, 0.3) is 0 Å². The lowest BCUT2D eigenvalue weighted by atomic mass is 10.1. The van der Waals surface area contributed by atoms with Gasteiger partial charge in [0.1, 0.15) is 0 Å². The number of hydrogen-bond donors (Lipinski definition) is 3. The van der Waals surface area contributed by atoms with Crippen molar-refractivity contribution < 1.29 is 9.59 Å². The summed E-state index contributed by atoms with van der Waals surface area (Å²) in [6.07, 6.45) is 1.31. The van der Waals surface area contributed by atoms with E-state index in [2.05, 4.69) is 27.1 Å². The predicted molar refractivity (Wildman–Crippen MR) is 124 cm³/mol. The van der Waals surface area contributed by atoms with Crippen LogP contribution in [-0.2, 0) is 17.8 Å². The van der Waals surface area contributed by atoms with Gasteiger partial charge in [-0.05, 0) is 62.2 Å². The average molecular weight is 431 g/mol. The first-order valence-electron chi connectivity index (χ1n) is 10.4. The van der Waals surface area contributed by atoms with E-state index in [9.17, 15) is 9.59 Å². The van der Waals surface area contributed by atoms with Crippen LogP contribution in [0.15, 0.2) is 54.6 Å². The number of carbonyl (C=O) groups is 2. The molecule has 3 rings (SSSR count). The van der Waals surface area contributed by atoms with E-state index in [4.69, 9.17) is 5.26 Å². The summed E-state index contributed by atoms with van der Waals surface area (Å²) in [4.78, 5) is 24.5. The van der Waals surface area contributed by atoms with Crippen molar-refractivity contribution >= 4 is 29.0 Å². The highest BCUT2D eigenvalue weighted by atomic mass is 16.2. The standard InChI is InChI=1S/C24H26N6O2/c1-17-22(18(2)30(29-17)16-6-15-25)13-14-23(31)26-20-9-11-21(12-10-20)28-24(32)27-19-7-4-3-5-8-19/h3-5,7-12H,6,13-14,16H2,1-2H3,(H,26,31)(H2,27,28,32). The van der Waals surface area contributed by atoms with Crippen LogP contribution in [0.4, 0.5) is 21.9 Å². The van der Waals surface area contributed by atoms with Crippen molar-refractivity contribution in [3.05, 3.63) is 71.5 Å². The van der Waals surface area contributed by atoms with E-state index in [1.807, 2.05) is 36.7 Å². The third-order valence-electron chi connectivity index (χ3n) is 5.03. The highest BCUT2D eigenvalue weighted by molar-refractivity contribution is 6.00. The number of benzene rings is 2. The van der Waals surface area contributed by atoms with Crippen LogP contribution in [0.2, 0.25) is 0 Å². The molecule has 1 heterocycles. The van der Waals surface area contributed by atoms with Gasteiger partial charge >= 0.3 is 6.03 Å². The van der Waals surface area contributed by atoms with Gasteiger partial charge in [-0.25, -0.2) is 4.79 Å². The number of hydrogen-bond acceptors (Lipinski definition) is 4. The first kappa shape index (κ1) is 22.6. The van der Waals surface area contributed by atoms with Gasteiger partial charge in [-0.1, -0.05) is 18.2 Å². The molecule has 0 saturated heterocycles. The molecule has 0 aliphatic heterocycles. The van der Waals surface area contributed by atoms with Crippen LogP contribution in [-0.4, -0.2) is 21.7 Å². The Bertz CT molecular complexity index is 1110. The van der Waals surface area contributed by atoms with E-state index in [-0.39, 0.29) is 11.9 Å². The van der Waals surface area contributed by atoms with E-state index in [1.165, 1.54) is 0 Å². The Morgan fingerprint density at radius 3 is 2.16 bits per heavy atom. The Morgan fingerprint density at radius 2 is 1.53 bits per heavy atom. The van der Waals surface area contributed by atoms with Crippen LogP contribution in [0.3, 0.4) is 0 Å². The van der Waals surface area contributed by atoms with Gasteiger partial charge in [-0.3, -0.25) is 9.48 Å². The molecule has 2 aromatic carbocycles. The highest BCUT2D eigenvalue weighted by Crippen LogP contribution is 2.18. The van der Waals surface area contributed by atoms with Crippen molar-refractivity contribution in [2.24, 2.45) is 0 Å². The van der Waals surface area contributed by atoms with Crippen LogP contribution in [0.1, 0.15) is 29.8 Å². The van der Waals surface area contributed by atoms with Crippen molar-refractivity contribution in [2.75, 3.05) is 16.0 Å². The molecule has 0 atom stereocenters. The minimum absolute atomic E-state index is 0.101. The number of para-hydroxylation sites is 1. The quantitative estimate of drug-likeness (QED) is 0.484. The minimum atomic E-state index is -0.339. The fourth-order valence-corrected chi connectivity index (χ4v) is 3.38. The largest absolute Gasteiger partial charge is 0.326 e. The zero-order valence-electron chi connectivity index (χ0n) is 18.2. The second kappa shape index (κ2) is 10.8. The number of anilines is 3. The maximum atomic E-state index is 12.4. The van der Waals surface area contributed by atoms with Gasteiger partial charge < -0.3 is 16.0 Å². The molecular weight excluding hydrogens is 404 g/mol. The number of aromatic nitrogens is 2. The number of nitrogens with zero attached hydrogens (tertiary/aromatic N) is 3. The number of nitriles is 1. The monoisotopic (exact) mass is 430 g/mol. The van der Waals surface area contributed by atoms with Crippen molar-refractivity contribution in [2.45, 2.75) is 39.7 Å². The Hall–Kier alpha value is -4.12. The molecule has 3 N–H and O–H groups in total. The molecule has 8 nitrogen and oxygen atoms in total. The van der Waals surface area contributed by atoms with Crippen LogP contribution >= 0.6 is 0 Å². The molecule has 0 radical (unpaired) electrons. The third kappa shape index (κ3) is 6.19. The van der Waals surface area contributed by atoms with E-state index in [0.29, 0.717) is 42.9 Å². The molecule has 3 amide bonds. The number of aryl methyl sites for hydroxylation is 2. The van der Waals surface area contributed by atoms with Gasteiger partial charge in [0, 0.05) is 29.2 Å². The molecular formula is C24H26N6O2. The van der Waals surface area contributed by atoms with E-state index < -0.39 is 0 Å². The summed E-state index contributed by atoms with van der Waals surface area (Å²) in [6.45, 7) is 4.44. The first-order valence-corrected chi connectivity index (χ1v) is 10.4. The number of carbonyl (C=O) groups excluding carboxylic acids is 2. The second-order valence-corrected chi connectivity index (χ2v) is 7.35. The van der Waals surface area contributed by atoms with E-state index >= 15 is 0 Å². The SMILES string of the molecule is Cc1nn(CCC#N)c(C)c1CCC(=O)Nc1ccc(NC(=O)Nc2ccccc2)cc1. The zero-order chi connectivity index (χ0) is 22.9. The number of rotatable bonds is 8. The van der Waals surface area contributed by atoms with Gasteiger partial charge in [0.05, 0.1) is 24.7 Å². The minimum Gasteiger partial charge on any atom is -0.326 e. The van der Waals surface area contributed by atoms with Gasteiger partial charge in [0.2, 0.25) is 5.91 Å². The number of amides is 3. The van der Waals surface area contributed by atoms with Gasteiger partial charge in [-0.15, -0.1) is 0 Å². The lowest BCUT2D eigenvalue weighted by molar-refractivity contribution is -0.116. The highest BCUT2D eigenvalue weighted by Gasteiger charge is 2.13. The Morgan fingerprint density at radius 1 is 0.938 bits per heavy atom. The summed E-state index contributed by atoms with van der Waals surface area (Å²) in [5.41, 5.74) is 4.90. The topological polar surface area (TPSA) is 112 Å². The summed E-state index contributed by atoms with van der Waals surface area (Å²) < 4.78 is 1.82. The van der Waals surface area contributed by atoms with Crippen LogP contribution in [0.25, 0.3) is 0 Å². The molecule has 0 bridgehead atoms. The molecule has 0 aliphatic rings. The molecule has 32 heavy (non-hydrogen) atoms. The summed E-state index contributed by atoms with van der Waals surface area (Å²) in [5.74, 6) is -0.101. The van der Waals surface area contributed by atoms with Gasteiger partial charge in [0.15, 0.2) is 0 Å². The summed E-state index contributed by atoms with van der Waals surface area (Å²) >= 11 is 0. The smallest absolute Gasteiger partial charge is 0.323 e. The predicted octanol–water partition coefficient (Wildman–Crippen LogP) is 4.63. The van der Waals surface area contributed by atoms with Crippen molar-refractivity contribution in [3.8, 4) is 6.07 Å². The lowest BCUT2D eigenvalue weighted by Crippen LogP contribution is -2.19. The molecule has 1 aromatic heterocycles. The van der Waals surface area contributed by atoms with Crippen molar-refractivity contribution in [1.82, 2.24) is 9.78 Å². The summed E-state index contributed by atoms with van der Waals surface area (Å²) in [6, 6.07) is 17.9. The van der Waals surface area contributed by atoms with Crippen LogP contribution in [0, 0.1) is 25.2 Å². The molecule has 0 saturated carbocycles. The van der Waals surface area contributed by atoms with Crippen LogP contribution in [0.5, 0.6) is 0 Å². The van der Waals surface area contributed by atoms with Gasteiger partial charge in [-0.2, -0.15) is 10.4 Å². The van der Waals surface area contributed by atoms with Crippen molar-refractivity contribution in [1.29, 1.82) is 5.26 Å². The van der Waals surface area contributed by atoms with Crippen LogP contribution < -0.4 is 16.0 Å². The van der Waals surface area contributed by atoms with E-state index in [0.717, 1.165) is 17.0 Å². The summed E-state index contributed by atoms with van der Waals surface area (Å²) in [5, 5.41) is 21.6. The molecule has 0 fully saturated rings. The molecule has 8 heteroatoms. The Labute approximate surface area is 187 Å². The normalized spacial score (nSPS) is 10.3. The lowest BCUT2D eigenvalue weighted by Gasteiger charge is -2.09. The molecule has 164 valence electrons. The maximum absolute atomic E-state index is 12.4. The second-order valence-electron chi connectivity index (χ2n) is 7.35. The fourth-order valence-electron chi connectivity index (χ4n) is 3.38. The zero-order valence-corrected chi connectivity index (χ0v) is 18.2. The van der Waals surface area contributed by atoms with E-state index in [1.54, 1.807) is 36.4 Å². The summed E-state index contributed by atoms with van der Waals surface area (Å²) in [7, 11) is 0. The third-order valence-corrected chi connectivity index (χ3v) is 5.03. The molecule has 0 spiro atoms. The number of nitrogens with one attached hydrogen (secondary N) is 3. The molecule has 0 unspecified atom stereocenters. The average Bonchev–Trinajstić information content (AvgIpc) is 3.05. The van der Waals surface area contributed by atoms with Crippen molar-refractivity contribution in [3.63, 3.8) is 0 Å². The molecule has 3 aromatic rings. The first-order chi connectivity index (χ1) is 15.5. The maximum Gasteiger partial charge on any atom is 0.323 e. The Balaban J connectivity index is 1.49.